The van der Waals surface area contributed by atoms with E-state index in [1.807, 2.05) is 0 Å². The van der Waals surface area contributed by atoms with Crippen molar-refractivity contribution in [2.75, 3.05) is 12.9 Å². The lowest BCUT2D eigenvalue weighted by Gasteiger charge is -2.11. The molecule has 3 atom stereocenters. The summed E-state index contributed by atoms with van der Waals surface area (Å²) >= 11 is 0.242. The molecule has 21 heavy (non-hydrogen) atoms. The number of sulfone groups is 1. The lowest BCUT2D eigenvalue weighted by Crippen LogP contribution is -2.19. The normalized spacial score (nSPS) is 26.0. The summed E-state index contributed by atoms with van der Waals surface area (Å²) in [5.74, 6) is 0. The van der Waals surface area contributed by atoms with E-state index in [1.165, 1.54) is 0 Å². The van der Waals surface area contributed by atoms with Gasteiger partial charge < -0.3 is 9.84 Å². The van der Waals surface area contributed by atoms with Crippen LogP contribution in [0.5, 0.6) is 5.06 Å². The highest BCUT2D eigenvalue weighted by Crippen LogP contribution is 2.54. The fourth-order valence-electron chi connectivity index (χ4n) is 1.96. The van der Waals surface area contributed by atoms with Crippen molar-refractivity contribution in [3.8, 4) is 5.06 Å². The number of alkyl halides is 5. The highest BCUT2D eigenvalue weighted by molar-refractivity contribution is 7.92. The van der Waals surface area contributed by atoms with E-state index in [0.717, 1.165) is 6.26 Å². The molecule has 2 rings (SSSR count). The van der Waals surface area contributed by atoms with Crippen molar-refractivity contribution >= 4 is 21.2 Å². The van der Waals surface area contributed by atoms with E-state index in [-0.39, 0.29) is 11.3 Å². The van der Waals surface area contributed by atoms with Gasteiger partial charge in [-0.2, -0.15) is 13.2 Å². The van der Waals surface area contributed by atoms with Crippen molar-refractivity contribution in [3.63, 3.8) is 0 Å². The maximum absolute atomic E-state index is 13.8. The minimum Gasteiger partial charge on any atom is -0.474 e. The van der Waals surface area contributed by atoms with Gasteiger partial charge in [0, 0.05) is 11.8 Å². The SMILES string of the molecule is CS(=O)(=O)c1sc(OCC(F)(F)F)c2c1[C@H](O)[C@H](F)[C@H]2F. The molecule has 1 aromatic heterocycles. The zero-order valence-corrected chi connectivity index (χ0v) is 12.0. The Morgan fingerprint density at radius 1 is 1.29 bits per heavy atom. The summed E-state index contributed by atoms with van der Waals surface area (Å²) in [5.41, 5.74) is -1.22. The number of thiophene rings is 1. The molecule has 0 bridgehead atoms. The fourth-order valence-corrected chi connectivity index (χ4v) is 4.39. The van der Waals surface area contributed by atoms with Crippen LogP contribution in [0.15, 0.2) is 4.21 Å². The minimum absolute atomic E-state index is 0.242. The molecule has 0 unspecified atom stereocenters. The van der Waals surface area contributed by atoms with Crippen LogP contribution < -0.4 is 4.74 Å². The Kier molecular flexibility index (Phi) is 3.96. The number of rotatable bonds is 3. The second-order valence-corrected chi connectivity index (χ2v) is 7.67. The molecular formula is C10H9F5O4S2. The second kappa shape index (κ2) is 5.06. The third-order valence-electron chi connectivity index (χ3n) is 2.77. The summed E-state index contributed by atoms with van der Waals surface area (Å²) < 4.78 is 90.5. The molecule has 1 aliphatic rings. The monoisotopic (exact) mass is 352 g/mol. The quantitative estimate of drug-likeness (QED) is 0.849. The molecule has 0 aliphatic heterocycles. The lowest BCUT2D eigenvalue weighted by atomic mass is 10.2. The summed E-state index contributed by atoms with van der Waals surface area (Å²) in [6.45, 7) is -1.77. The van der Waals surface area contributed by atoms with E-state index in [2.05, 4.69) is 4.74 Å². The van der Waals surface area contributed by atoms with Gasteiger partial charge in [-0.1, -0.05) is 11.3 Å². The minimum atomic E-state index is -4.72. The van der Waals surface area contributed by atoms with Gasteiger partial charge in [0.05, 0.1) is 5.56 Å². The van der Waals surface area contributed by atoms with Crippen molar-refractivity contribution in [3.05, 3.63) is 11.1 Å². The predicted molar refractivity (Wildman–Crippen MR) is 62.7 cm³/mol. The maximum Gasteiger partial charge on any atom is 0.422 e. The Morgan fingerprint density at radius 2 is 1.86 bits per heavy atom. The first kappa shape index (κ1) is 16.4. The van der Waals surface area contributed by atoms with Gasteiger partial charge in [-0.25, -0.2) is 17.2 Å². The fraction of sp³-hybridized carbons (Fsp3) is 0.600. The smallest absolute Gasteiger partial charge is 0.422 e. The van der Waals surface area contributed by atoms with E-state index >= 15 is 0 Å². The van der Waals surface area contributed by atoms with E-state index in [0.29, 0.717) is 0 Å². The maximum atomic E-state index is 13.8. The molecule has 4 nitrogen and oxygen atoms in total. The van der Waals surface area contributed by atoms with Gasteiger partial charge in [0.25, 0.3) is 0 Å². The van der Waals surface area contributed by atoms with Crippen LogP contribution in [-0.2, 0) is 9.84 Å². The third kappa shape index (κ3) is 2.99. The topological polar surface area (TPSA) is 63.6 Å². The van der Waals surface area contributed by atoms with Gasteiger partial charge in [-0.15, -0.1) is 0 Å². The first-order chi connectivity index (χ1) is 9.43. The molecule has 11 heteroatoms. The van der Waals surface area contributed by atoms with Crippen LogP contribution >= 0.6 is 11.3 Å². The van der Waals surface area contributed by atoms with Crippen LogP contribution in [0.25, 0.3) is 0 Å². The molecular weight excluding hydrogens is 343 g/mol. The third-order valence-corrected chi connectivity index (χ3v) is 5.75. The molecule has 120 valence electrons. The molecule has 0 radical (unpaired) electrons. The summed E-state index contributed by atoms with van der Waals surface area (Å²) in [5, 5.41) is 8.87. The Labute approximate surface area is 120 Å². The number of fused-ring (bicyclic) bond motifs is 1. The van der Waals surface area contributed by atoms with Crippen LogP contribution in [-0.4, -0.2) is 38.7 Å². The zero-order chi connectivity index (χ0) is 16.2. The Hall–Kier alpha value is -0.940. The first-order valence-electron chi connectivity index (χ1n) is 5.46. The largest absolute Gasteiger partial charge is 0.474 e. The van der Waals surface area contributed by atoms with E-state index in [1.54, 1.807) is 0 Å². The molecule has 1 heterocycles. The van der Waals surface area contributed by atoms with Gasteiger partial charge >= 0.3 is 6.18 Å². The van der Waals surface area contributed by atoms with Crippen LogP contribution in [0.1, 0.15) is 23.4 Å². The Morgan fingerprint density at radius 3 is 2.33 bits per heavy atom. The number of ether oxygens (including phenoxy) is 1. The number of aliphatic hydroxyl groups excluding tert-OH is 1. The summed E-state index contributed by atoms with van der Waals surface area (Å²) in [6.07, 6.45) is -10.9. The summed E-state index contributed by atoms with van der Waals surface area (Å²) in [6, 6.07) is 0. The Bertz CT molecular complexity index is 651. The van der Waals surface area contributed by atoms with Crippen molar-refractivity contribution in [2.24, 2.45) is 0 Å². The molecule has 1 aromatic rings. The van der Waals surface area contributed by atoms with Gasteiger partial charge in [0.2, 0.25) is 0 Å². The van der Waals surface area contributed by atoms with Crippen LogP contribution in [0.2, 0.25) is 0 Å². The average molecular weight is 352 g/mol. The lowest BCUT2D eigenvalue weighted by molar-refractivity contribution is -0.153. The highest BCUT2D eigenvalue weighted by Gasteiger charge is 2.48. The van der Waals surface area contributed by atoms with Gasteiger partial charge in [-0.05, 0) is 0 Å². The van der Waals surface area contributed by atoms with E-state index < -0.39 is 61.5 Å². The molecule has 0 saturated carbocycles. The number of aliphatic hydroxyl groups is 1. The van der Waals surface area contributed by atoms with Gasteiger partial charge in [0.15, 0.2) is 33.9 Å². The van der Waals surface area contributed by atoms with Crippen molar-refractivity contribution in [1.82, 2.24) is 0 Å². The van der Waals surface area contributed by atoms with Crippen LogP contribution in [0, 0.1) is 0 Å². The number of hydrogen-bond donors (Lipinski definition) is 1. The van der Waals surface area contributed by atoms with Crippen LogP contribution in [0.3, 0.4) is 0 Å². The Balaban J connectivity index is 2.52. The van der Waals surface area contributed by atoms with Gasteiger partial charge in [-0.3, -0.25) is 0 Å². The van der Waals surface area contributed by atoms with Crippen molar-refractivity contribution in [2.45, 2.75) is 28.8 Å². The van der Waals surface area contributed by atoms with E-state index in [4.69, 9.17) is 0 Å². The standard InChI is InChI=1S/C10H9F5O4S2/c1-21(17,18)9-4-3(5(11)6(12)7(4)16)8(20-9)19-2-10(13,14)15/h5-7,16H,2H2,1H3/t5-,6+,7-/m0/s1. The van der Waals surface area contributed by atoms with Crippen LogP contribution in [0.4, 0.5) is 22.0 Å². The molecule has 0 amide bonds. The van der Waals surface area contributed by atoms with Gasteiger partial charge in [0.1, 0.15) is 10.3 Å². The molecule has 0 aromatic carbocycles. The zero-order valence-electron chi connectivity index (χ0n) is 10.3. The second-order valence-electron chi connectivity index (χ2n) is 4.47. The molecule has 1 N–H and O–H groups in total. The number of halogens is 5. The molecule has 0 fully saturated rings. The molecule has 0 saturated heterocycles. The van der Waals surface area contributed by atoms with E-state index in [9.17, 15) is 35.5 Å². The van der Waals surface area contributed by atoms with Crippen molar-refractivity contribution < 1.29 is 40.2 Å². The highest BCUT2D eigenvalue weighted by atomic mass is 32.2. The summed E-state index contributed by atoms with van der Waals surface area (Å²) in [4.78, 5) is 0. The molecule has 1 aliphatic carbocycles. The first-order valence-corrected chi connectivity index (χ1v) is 8.16. The average Bonchev–Trinajstić information content (AvgIpc) is 2.80. The predicted octanol–water partition coefficient (Wildman–Crippen LogP) is 2.49. The number of hydrogen-bond acceptors (Lipinski definition) is 5. The summed E-state index contributed by atoms with van der Waals surface area (Å²) in [7, 11) is -3.98. The molecule has 0 spiro atoms. The van der Waals surface area contributed by atoms with Crippen molar-refractivity contribution in [1.29, 1.82) is 0 Å².